The van der Waals surface area contributed by atoms with Crippen molar-refractivity contribution in [1.82, 2.24) is 10.6 Å². The van der Waals surface area contributed by atoms with Crippen molar-refractivity contribution in [1.29, 1.82) is 0 Å². The summed E-state index contributed by atoms with van der Waals surface area (Å²) in [5, 5.41) is 11.2. The summed E-state index contributed by atoms with van der Waals surface area (Å²) in [6.07, 6.45) is 4.56. The number of halogens is 2. The number of carbonyl (C=O) groups excluding carboxylic acids is 1. The number of benzene rings is 2. The Morgan fingerprint density at radius 3 is 2.74 bits per heavy atom. The lowest BCUT2D eigenvalue weighted by atomic mass is 10.0. The molecule has 1 atom stereocenters. The molecule has 0 fully saturated rings. The highest BCUT2D eigenvalue weighted by atomic mass is 35.5. The predicted molar refractivity (Wildman–Crippen MR) is 105 cm³/mol. The number of rotatable bonds is 4. The summed E-state index contributed by atoms with van der Waals surface area (Å²) < 4.78 is 0. The second-order valence-electron chi connectivity index (χ2n) is 5.97. The van der Waals surface area contributed by atoms with Gasteiger partial charge >= 0.3 is 0 Å². The lowest BCUT2D eigenvalue weighted by molar-refractivity contribution is -0.172. The van der Waals surface area contributed by atoms with Crippen LogP contribution in [-0.4, -0.2) is 29.4 Å². The van der Waals surface area contributed by atoms with Crippen LogP contribution in [0.15, 0.2) is 66.1 Å². The van der Waals surface area contributed by atoms with Crippen molar-refractivity contribution in [2.24, 2.45) is 5.10 Å². The highest BCUT2D eigenvalue weighted by molar-refractivity contribution is 6.36. The molecular weight excluding hydrogens is 389 g/mol. The molecule has 1 unspecified atom stereocenters. The normalized spacial score (nSPS) is 21.2. The van der Waals surface area contributed by atoms with Gasteiger partial charge in [-0.1, -0.05) is 41.4 Å². The molecule has 0 saturated heterocycles. The van der Waals surface area contributed by atoms with Crippen molar-refractivity contribution >= 4 is 46.7 Å². The number of amides is 1. The van der Waals surface area contributed by atoms with Gasteiger partial charge in [0.1, 0.15) is 6.26 Å². The van der Waals surface area contributed by atoms with Gasteiger partial charge in [-0.3, -0.25) is 15.2 Å². The number of anilines is 2. The Morgan fingerprint density at radius 1 is 1.22 bits per heavy atom. The molecule has 0 saturated carbocycles. The zero-order chi connectivity index (χ0) is 18.9. The van der Waals surface area contributed by atoms with E-state index in [0.29, 0.717) is 21.4 Å². The van der Waals surface area contributed by atoms with Crippen LogP contribution in [0.2, 0.25) is 10.0 Å². The SMILES string of the molecule is O=C(Nc1ccccc1)C1(N2NC=CO2)C=NN(c2ccc(Cl)cc2Cl)C1. The molecule has 0 spiro atoms. The summed E-state index contributed by atoms with van der Waals surface area (Å²) in [6, 6.07) is 14.3. The number of nitrogens with zero attached hydrogens (tertiary/aromatic N) is 3. The molecule has 0 aliphatic carbocycles. The molecule has 7 nitrogen and oxygen atoms in total. The number of hydroxylamine groups is 1. The minimum absolute atomic E-state index is 0.182. The van der Waals surface area contributed by atoms with Gasteiger partial charge in [0.2, 0.25) is 5.54 Å². The first-order chi connectivity index (χ1) is 13.1. The average Bonchev–Trinajstić information content (AvgIpc) is 3.33. The van der Waals surface area contributed by atoms with Crippen LogP contribution in [0.1, 0.15) is 0 Å². The van der Waals surface area contributed by atoms with Crippen molar-refractivity contribution in [2.45, 2.75) is 5.54 Å². The standard InChI is InChI=1S/C18H15Cl2N5O2/c19-13-6-7-16(15(20)10-13)24-12-18(11-22-24,25-21-8-9-27-25)17(26)23-14-4-2-1-3-5-14/h1-11,21H,12H2,(H,23,26). The largest absolute Gasteiger partial charge is 0.391 e. The highest BCUT2D eigenvalue weighted by Gasteiger charge is 2.51. The molecule has 138 valence electrons. The van der Waals surface area contributed by atoms with E-state index in [1.54, 1.807) is 29.4 Å². The molecule has 2 aliphatic rings. The fraction of sp³-hybridized carbons (Fsp3) is 0.111. The second-order valence-corrected chi connectivity index (χ2v) is 6.82. The van der Waals surface area contributed by atoms with Gasteiger partial charge in [-0.15, -0.1) is 0 Å². The third-order valence-corrected chi connectivity index (χ3v) is 4.74. The minimum Gasteiger partial charge on any atom is -0.391 e. The van der Waals surface area contributed by atoms with E-state index in [1.165, 1.54) is 17.6 Å². The van der Waals surface area contributed by atoms with E-state index >= 15 is 0 Å². The lowest BCUT2D eigenvalue weighted by Gasteiger charge is -2.33. The average molecular weight is 404 g/mol. The van der Waals surface area contributed by atoms with Crippen LogP contribution in [0.25, 0.3) is 0 Å². The molecule has 0 bridgehead atoms. The first-order valence-corrected chi connectivity index (χ1v) is 8.86. The topological polar surface area (TPSA) is 69.2 Å². The molecule has 0 radical (unpaired) electrons. The Hall–Kier alpha value is -2.74. The van der Waals surface area contributed by atoms with Gasteiger partial charge in [0, 0.05) is 10.7 Å². The van der Waals surface area contributed by atoms with Crippen LogP contribution < -0.4 is 15.8 Å². The maximum Gasteiger partial charge on any atom is 0.258 e. The Balaban J connectivity index is 1.63. The molecule has 2 aromatic carbocycles. The number of hydrazone groups is 1. The fourth-order valence-corrected chi connectivity index (χ4v) is 3.35. The second kappa shape index (κ2) is 7.11. The number of nitrogens with one attached hydrogen (secondary N) is 2. The smallest absolute Gasteiger partial charge is 0.258 e. The Bertz CT molecular complexity index is 913. The summed E-state index contributed by atoms with van der Waals surface area (Å²) in [7, 11) is 0. The zero-order valence-electron chi connectivity index (χ0n) is 14.0. The molecule has 9 heteroatoms. The number of hydrazine groups is 1. The van der Waals surface area contributed by atoms with Gasteiger partial charge in [0.25, 0.3) is 5.91 Å². The number of carbonyl (C=O) groups is 1. The van der Waals surface area contributed by atoms with Gasteiger partial charge in [-0.25, -0.2) is 0 Å². The number of hydrogen-bond donors (Lipinski definition) is 2. The zero-order valence-corrected chi connectivity index (χ0v) is 15.5. The van der Waals surface area contributed by atoms with E-state index in [-0.39, 0.29) is 12.5 Å². The summed E-state index contributed by atoms with van der Waals surface area (Å²) in [6.45, 7) is 0.182. The van der Waals surface area contributed by atoms with Crippen LogP contribution in [0.4, 0.5) is 11.4 Å². The van der Waals surface area contributed by atoms with Gasteiger partial charge in [-0.05, 0) is 35.5 Å². The monoisotopic (exact) mass is 403 g/mol. The summed E-state index contributed by atoms with van der Waals surface area (Å²) >= 11 is 12.3. The van der Waals surface area contributed by atoms with E-state index in [9.17, 15) is 4.79 Å². The van der Waals surface area contributed by atoms with Crippen LogP contribution in [0.5, 0.6) is 0 Å². The van der Waals surface area contributed by atoms with Gasteiger partial charge in [0.05, 0.1) is 29.7 Å². The maximum absolute atomic E-state index is 13.2. The minimum atomic E-state index is -1.22. The fourth-order valence-electron chi connectivity index (χ4n) is 2.84. The quantitative estimate of drug-likeness (QED) is 0.818. The van der Waals surface area contributed by atoms with E-state index < -0.39 is 5.54 Å². The van der Waals surface area contributed by atoms with Crippen molar-refractivity contribution in [2.75, 3.05) is 16.9 Å². The third kappa shape index (κ3) is 3.32. The Morgan fingerprint density at radius 2 is 2.04 bits per heavy atom. The van der Waals surface area contributed by atoms with Crippen LogP contribution >= 0.6 is 23.2 Å². The third-order valence-electron chi connectivity index (χ3n) is 4.20. The molecule has 2 N–H and O–H groups in total. The van der Waals surface area contributed by atoms with Gasteiger partial charge < -0.3 is 10.2 Å². The van der Waals surface area contributed by atoms with Crippen molar-refractivity contribution < 1.29 is 9.63 Å². The first kappa shape index (κ1) is 17.7. The summed E-state index contributed by atoms with van der Waals surface area (Å²) in [4.78, 5) is 18.6. The summed E-state index contributed by atoms with van der Waals surface area (Å²) in [5.74, 6) is -0.304. The van der Waals surface area contributed by atoms with Crippen LogP contribution in [-0.2, 0) is 9.63 Å². The summed E-state index contributed by atoms with van der Waals surface area (Å²) in [5.41, 5.74) is 2.99. The maximum atomic E-state index is 13.2. The molecule has 27 heavy (non-hydrogen) atoms. The molecule has 2 heterocycles. The number of hydrogen-bond acceptors (Lipinski definition) is 6. The van der Waals surface area contributed by atoms with Gasteiger partial charge in [-0.2, -0.15) is 5.10 Å². The molecular formula is C18H15Cl2N5O2. The highest BCUT2D eigenvalue weighted by Crippen LogP contribution is 2.34. The van der Waals surface area contributed by atoms with E-state index in [4.69, 9.17) is 28.0 Å². The van der Waals surface area contributed by atoms with E-state index in [0.717, 1.165) is 0 Å². The van der Waals surface area contributed by atoms with Crippen molar-refractivity contribution in [3.63, 3.8) is 0 Å². The van der Waals surface area contributed by atoms with Crippen molar-refractivity contribution in [3.8, 4) is 0 Å². The molecule has 1 amide bonds. The molecule has 0 aromatic heterocycles. The number of para-hydroxylation sites is 1. The van der Waals surface area contributed by atoms with Crippen molar-refractivity contribution in [3.05, 3.63) is 71.0 Å². The molecule has 2 aromatic rings. The van der Waals surface area contributed by atoms with E-state index in [1.807, 2.05) is 30.3 Å². The van der Waals surface area contributed by atoms with E-state index in [2.05, 4.69) is 15.8 Å². The Kier molecular flexibility index (Phi) is 4.65. The lowest BCUT2D eigenvalue weighted by Crippen LogP contribution is -2.62. The Labute approximate surface area is 165 Å². The molecule has 2 aliphatic heterocycles. The van der Waals surface area contributed by atoms with Crippen LogP contribution in [0, 0.1) is 0 Å². The van der Waals surface area contributed by atoms with Gasteiger partial charge in [0.15, 0.2) is 0 Å². The first-order valence-electron chi connectivity index (χ1n) is 8.11. The molecule has 4 rings (SSSR count). The predicted octanol–water partition coefficient (Wildman–Crippen LogP) is 3.40. The van der Waals surface area contributed by atoms with Crippen LogP contribution in [0.3, 0.4) is 0 Å².